The van der Waals surface area contributed by atoms with Gasteiger partial charge in [0.15, 0.2) is 0 Å². The smallest absolute Gasteiger partial charge is 0.119 e. The van der Waals surface area contributed by atoms with Crippen LogP contribution in [0.3, 0.4) is 0 Å². The quantitative estimate of drug-likeness (QED) is 0.715. The van der Waals surface area contributed by atoms with Crippen molar-refractivity contribution < 1.29 is 14.6 Å². The Hall–Kier alpha value is -1.06. The normalized spacial score (nSPS) is 10.0. The Bertz CT molecular complexity index is 389. The first kappa shape index (κ1) is 24.2. The second-order valence-electron chi connectivity index (χ2n) is 5.93. The Labute approximate surface area is 147 Å². The van der Waals surface area contributed by atoms with Crippen LogP contribution in [-0.2, 0) is 16.0 Å². The number of benzene rings is 1. The van der Waals surface area contributed by atoms with Crippen LogP contribution in [0, 0.1) is 11.8 Å². The van der Waals surface area contributed by atoms with Crippen molar-refractivity contribution in [3.63, 3.8) is 0 Å². The second-order valence-corrected chi connectivity index (χ2v) is 6.37. The molecular weight excluding hydrogens is 312 g/mol. The predicted molar refractivity (Wildman–Crippen MR) is 99.3 cm³/mol. The van der Waals surface area contributed by atoms with Crippen molar-refractivity contribution in [2.24, 2.45) is 11.8 Å². The zero-order valence-electron chi connectivity index (χ0n) is 15.6. The number of aromatic hydroxyl groups is 1. The fraction of sp³-hybridized carbons (Fsp3) is 0.632. The highest BCUT2D eigenvalue weighted by molar-refractivity contribution is 6.30. The van der Waals surface area contributed by atoms with E-state index in [2.05, 4.69) is 27.7 Å². The van der Waals surface area contributed by atoms with Crippen LogP contribution in [0.5, 0.6) is 5.75 Å². The van der Waals surface area contributed by atoms with E-state index in [1.165, 1.54) is 6.07 Å². The van der Waals surface area contributed by atoms with E-state index in [1.54, 1.807) is 13.2 Å². The predicted octanol–water partition coefficient (Wildman–Crippen LogP) is 5.52. The molecule has 0 aliphatic carbocycles. The van der Waals surface area contributed by atoms with E-state index in [1.807, 2.05) is 19.9 Å². The molecule has 1 aromatic carbocycles. The van der Waals surface area contributed by atoms with Gasteiger partial charge in [-0.25, -0.2) is 0 Å². The first-order valence-electron chi connectivity index (χ1n) is 8.18. The largest absolute Gasteiger partial charge is 0.508 e. The van der Waals surface area contributed by atoms with E-state index in [4.69, 9.17) is 21.4 Å². The third kappa shape index (κ3) is 13.1. The minimum Gasteiger partial charge on any atom is -0.508 e. The molecule has 0 atom stereocenters. The van der Waals surface area contributed by atoms with Gasteiger partial charge in [-0.15, -0.1) is 0 Å². The average molecular weight is 345 g/mol. The monoisotopic (exact) mass is 344 g/mol. The molecule has 0 saturated heterocycles. The Morgan fingerprint density at radius 3 is 1.83 bits per heavy atom. The third-order valence-electron chi connectivity index (χ3n) is 3.10. The third-order valence-corrected chi connectivity index (χ3v) is 3.32. The molecular formula is C19H33ClO3. The van der Waals surface area contributed by atoms with Crippen molar-refractivity contribution in [3.05, 3.63) is 28.8 Å². The van der Waals surface area contributed by atoms with Gasteiger partial charge in [0.05, 0.1) is 6.10 Å². The molecule has 1 aromatic rings. The number of carbonyl (C=O) groups is 1. The maximum atomic E-state index is 9.17. The Balaban J connectivity index is 0. The van der Waals surface area contributed by atoms with Crippen LogP contribution in [0.25, 0.3) is 0 Å². The molecule has 0 amide bonds. The molecule has 1 N–H and O–H groups in total. The molecule has 0 fully saturated rings. The average Bonchev–Trinajstić information content (AvgIpc) is 2.47. The van der Waals surface area contributed by atoms with Gasteiger partial charge in [-0.3, -0.25) is 0 Å². The van der Waals surface area contributed by atoms with Crippen LogP contribution in [0.1, 0.15) is 53.5 Å². The first-order valence-corrected chi connectivity index (χ1v) is 8.55. The van der Waals surface area contributed by atoms with Crippen molar-refractivity contribution >= 4 is 17.9 Å². The summed E-state index contributed by atoms with van der Waals surface area (Å²) in [6.07, 6.45) is 2.83. The number of aryl methyl sites for hydroxylation is 1. The summed E-state index contributed by atoms with van der Waals surface area (Å²) in [7, 11) is 1.78. The number of phenolic OH excluding ortho intramolecular Hbond substituents is 1. The highest BCUT2D eigenvalue weighted by Crippen LogP contribution is 2.19. The van der Waals surface area contributed by atoms with E-state index in [9.17, 15) is 4.79 Å². The van der Waals surface area contributed by atoms with Crippen molar-refractivity contribution in [2.45, 2.75) is 60.5 Å². The minimum atomic E-state index is 0.240. The van der Waals surface area contributed by atoms with Crippen molar-refractivity contribution in [1.29, 1.82) is 0 Å². The molecule has 0 unspecified atom stereocenters. The van der Waals surface area contributed by atoms with Gasteiger partial charge < -0.3 is 14.6 Å². The van der Waals surface area contributed by atoms with E-state index in [0.29, 0.717) is 29.4 Å². The molecule has 1 rings (SSSR count). The number of carbonyl (C=O) groups excluding carboxylic acids is 1. The molecule has 0 heterocycles. The fourth-order valence-electron chi connectivity index (χ4n) is 2.15. The van der Waals surface area contributed by atoms with Gasteiger partial charge in [0.1, 0.15) is 12.0 Å². The number of hydrogen-bond donors (Lipinski definition) is 1. The lowest BCUT2D eigenvalue weighted by atomic mass is 9.96. The molecule has 23 heavy (non-hydrogen) atoms. The van der Waals surface area contributed by atoms with Crippen LogP contribution in [0.15, 0.2) is 18.2 Å². The summed E-state index contributed by atoms with van der Waals surface area (Å²) < 4.78 is 5.27. The highest BCUT2D eigenvalue weighted by atomic mass is 35.5. The maximum absolute atomic E-state index is 9.17. The lowest BCUT2D eigenvalue weighted by Crippen LogP contribution is -2.23. The van der Waals surface area contributed by atoms with E-state index >= 15 is 0 Å². The number of ether oxygens (including phenoxy) is 1. The molecule has 0 bridgehead atoms. The van der Waals surface area contributed by atoms with Gasteiger partial charge >= 0.3 is 0 Å². The highest BCUT2D eigenvalue weighted by Gasteiger charge is 2.15. The molecule has 134 valence electrons. The van der Waals surface area contributed by atoms with E-state index < -0.39 is 0 Å². The van der Waals surface area contributed by atoms with Crippen molar-refractivity contribution in [3.8, 4) is 5.75 Å². The zero-order chi connectivity index (χ0) is 18.4. The summed E-state index contributed by atoms with van der Waals surface area (Å²) in [4.78, 5) is 9.17. The number of phenols is 1. The van der Waals surface area contributed by atoms with Gasteiger partial charge in [-0.2, -0.15) is 0 Å². The maximum Gasteiger partial charge on any atom is 0.119 e. The summed E-state index contributed by atoms with van der Waals surface area (Å²) in [6, 6.07) is 5.09. The first-order chi connectivity index (χ1) is 10.7. The standard InChI is InChI=1S/C8H9ClO.C8H18O.C3H6O/c1-2-6-3-7(9)5-8(10)4-6;1-6(2)8(9-5)7(3)4;1-2-3-4/h3-5,10H,2H2,1H3;6-8H,1-5H3;3H,2H2,1H3. The number of rotatable bonds is 5. The molecule has 0 aromatic heterocycles. The van der Waals surface area contributed by atoms with Crippen LogP contribution >= 0.6 is 11.6 Å². The lowest BCUT2D eigenvalue weighted by molar-refractivity contribution is -0.107. The molecule has 0 aliphatic rings. The van der Waals surface area contributed by atoms with Crippen LogP contribution in [-0.4, -0.2) is 24.6 Å². The Morgan fingerprint density at radius 2 is 1.61 bits per heavy atom. The summed E-state index contributed by atoms with van der Waals surface area (Å²) in [6.45, 7) is 12.6. The number of methoxy groups -OCH3 is 1. The summed E-state index contributed by atoms with van der Waals surface area (Å²) >= 11 is 5.67. The van der Waals surface area contributed by atoms with Crippen LogP contribution in [0.2, 0.25) is 5.02 Å². The van der Waals surface area contributed by atoms with Gasteiger partial charge in [0.2, 0.25) is 0 Å². The van der Waals surface area contributed by atoms with Crippen LogP contribution in [0.4, 0.5) is 0 Å². The molecule has 4 heteroatoms. The van der Waals surface area contributed by atoms with Gasteiger partial charge in [0, 0.05) is 18.6 Å². The lowest BCUT2D eigenvalue weighted by Gasteiger charge is -2.22. The summed E-state index contributed by atoms with van der Waals surface area (Å²) in [5.41, 5.74) is 1.06. The summed E-state index contributed by atoms with van der Waals surface area (Å²) in [5, 5.41) is 9.63. The zero-order valence-corrected chi connectivity index (χ0v) is 16.4. The Morgan fingerprint density at radius 1 is 1.13 bits per heavy atom. The SMILES string of the molecule is CCC=O.CCc1cc(O)cc(Cl)c1.COC(C(C)C)C(C)C. The number of aldehydes is 1. The van der Waals surface area contributed by atoms with E-state index in [0.717, 1.165) is 18.3 Å². The fourth-order valence-corrected chi connectivity index (χ4v) is 2.40. The van der Waals surface area contributed by atoms with Gasteiger partial charge in [0.25, 0.3) is 0 Å². The molecule has 0 saturated carbocycles. The number of hydrogen-bond acceptors (Lipinski definition) is 3. The van der Waals surface area contributed by atoms with Gasteiger partial charge in [-0.05, 0) is 42.0 Å². The van der Waals surface area contributed by atoms with Crippen molar-refractivity contribution in [2.75, 3.05) is 7.11 Å². The van der Waals surface area contributed by atoms with Crippen molar-refractivity contribution in [1.82, 2.24) is 0 Å². The topological polar surface area (TPSA) is 46.5 Å². The van der Waals surface area contributed by atoms with E-state index in [-0.39, 0.29) is 5.75 Å². The number of halogens is 1. The second kappa shape index (κ2) is 14.5. The van der Waals surface area contributed by atoms with Gasteiger partial charge in [-0.1, -0.05) is 53.1 Å². The summed E-state index contributed by atoms with van der Waals surface area (Å²) in [5.74, 6) is 1.51. The molecule has 3 nitrogen and oxygen atoms in total. The molecule has 0 spiro atoms. The molecule has 0 radical (unpaired) electrons. The minimum absolute atomic E-state index is 0.240. The molecule has 0 aliphatic heterocycles. The Kier molecular flexibility index (Phi) is 15.3. The van der Waals surface area contributed by atoms with Crippen LogP contribution < -0.4 is 0 Å².